The normalized spacial score (nSPS) is 10.7. The lowest BCUT2D eigenvalue weighted by atomic mass is 10.1. The van der Waals surface area contributed by atoms with Crippen molar-refractivity contribution in [1.29, 1.82) is 5.26 Å². The lowest BCUT2D eigenvalue weighted by molar-refractivity contribution is 0.0919. The Bertz CT molecular complexity index is 455. The highest BCUT2D eigenvalue weighted by atomic mass is 19.1. The molecular weight excluding hydrogens is 207 g/mol. The van der Waals surface area contributed by atoms with Gasteiger partial charge in [0, 0.05) is 11.1 Å². The quantitative estimate of drug-likeness (QED) is 0.789. The summed E-state index contributed by atoms with van der Waals surface area (Å²) in [6, 6.07) is 5.50. The van der Waals surface area contributed by atoms with E-state index in [0.29, 0.717) is 0 Å². The van der Waals surface area contributed by atoms with Crippen LogP contribution in [0.3, 0.4) is 0 Å². The third kappa shape index (κ3) is 3.06. The third-order valence-electron chi connectivity index (χ3n) is 1.84. The van der Waals surface area contributed by atoms with Gasteiger partial charge >= 0.3 is 0 Å². The molecule has 4 heteroatoms. The average Bonchev–Trinajstić information content (AvgIpc) is 2.15. The molecule has 0 bridgehead atoms. The zero-order valence-electron chi connectivity index (χ0n) is 9.47. The van der Waals surface area contributed by atoms with E-state index >= 15 is 0 Å². The van der Waals surface area contributed by atoms with Gasteiger partial charge in [0.2, 0.25) is 0 Å². The summed E-state index contributed by atoms with van der Waals surface area (Å²) in [4.78, 5) is 11.7. The number of carbonyl (C=O) groups excluding carboxylic acids is 1. The maximum absolute atomic E-state index is 13.2. The van der Waals surface area contributed by atoms with Crippen molar-refractivity contribution in [2.24, 2.45) is 0 Å². The molecule has 1 aromatic carbocycles. The minimum absolute atomic E-state index is 0.0627. The van der Waals surface area contributed by atoms with Crippen LogP contribution in [-0.4, -0.2) is 11.4 Å². The smallest absolute Gasteiger partial charge is 0.251 e. The standard InChI is InChI=1S/C12H13FN2O/c1-12(2,3)15-11(16)8-4-5-9(7-14)10(13)6-8/h4-6H,1-3H3,(H,15,16). The number of amides is 1. The van der Waals surface area contributed by atoms with Gasteiger partial charge in [-0.05, 0) is 39.0 Å². The second kappa shape index (κ2) is 4.31. The molecular formula is C12H13FN2O. The van der Waals surface area contributed by atoms with Gasteiger partial charge in [0.15, 0.2) is 0 Å². The van der Waals surface area contributed by atoms with Crippen LogP contribution in [0.4, 0.5) is 4.39 Å². The number of nitrogens with one attached hydrogen (secondary N) is 1. The van der Waals surface area contributed by atoms with Gasteiger partial charge < -0.3 is 5.32 Å². The summed E-state index contributed by atoms with van der Waals surface area (Å²) in [5.41, 5.74) is -0.222. The minimum Gasteiger partial charge on any atom is -0.347 e. The van der Waals surface area contributed by atoms with Crippen LogP contribution < -0.4 is 5.32 Å². The van der Waals surface area contributed by atoms with Crippen LogP contribution in [0.2, 0.25) is 0 Å². The van der Waals surface area contributed by atoms with Gasteiger partial charge in [-0.15, -0.1) is 0 Å². The molecule has 0 heterocycles. The topological polar surface area (TPSA) is 52.9 Å². The molecule has 84 valence electrons. The number of rotatable bonds is 1. The summed E-state index contributed by atoms with van der Waals surface area (Å²) in [7, 11) is 0. The van der Waals surface area contributed by atoms with Gasteiger partial charge in [-0.3, -0.25) is 4.79 Å². The second-order valence-corrected chi connectivity index (χ2v) is 4.51. The summed E-state index contributed by atoms with van der Waals surface area (Å²) < 4.78 is 13.2. The fraction of sp³-hybridized carbons (Fsp3) is 0.333. The first-order valence-corrected chi connectivity index (χ1v) is 4.85. The van der Waals surface area contributed by atoms with E-state index in [-0.39, 0.29) is 22.6 Å². The lowest BCUT2D eigenvalue weighted by Gasteiger charge is -2.20. The largest absolute Gasteiger partial charge is 0.347 e. The molecule has 1 amide bonds. The van der Waals surface area contributed by atoms with Crippen molar-refractivity contribution in [2.45, 2.75) is 26.3 Å². The monoisotopic (exact) mass is 220 g/mol. The number of halogens is 1. The molecule has 0 radical (unpaired) electrons. The highest BCUT2D eigenvalue weighted by molar-refractivity contribution is 5.94. The van der Waals surface area contributed by atoms with Crippen LogP contribution in [0.5, 0.6) is 0 Å². The number of nitriles is 1. The Labute approximate surface area is 93.9 Å². The third-order valence-corrected chi connectivity index (χ3v) is 1.84. The summed E-state index contributed by atoms with van der Waals surface area (Å²) in [6.07, 6.45) is 0. The molecule has 0 saturated heterocycles. The zero-order valence-corrected chi connectivity index (χ0v) is 9.47. The molecule has 0 aliphatic heterocycles. The SMILES string of the molecule is CC(C)(C)NC(=O)c1ccc(C#N)c(F)c1. The fourth-order valence-corrected chi connectivity index (χ4v) is 1.16. The van der Waals surface area contributed by atoms with E-state index in [4.69, 9.17) is 5.26 Å². The Morgan fingerprint density at radius 3 is 2.50 bits per heavy atom. The van der Waals surface area contributed by atoms with Crippen molar-refractivity contribution in [3.8, 4) is 6.07 Å². The Morgan fingerprint density at radius 1 is 1.44 bits per heavy atom. The van der Waals surface area contributed by atoms with Crippen LogP contribution in [0, 0.1) is 17.1 Å². The van der Waals surface area contributed by atoms with Crippen LogP contribution >= 0.6 is 0 Å². The van der Waals surface area contributed by atoms with Crippen molar-refractivity contribution in [2.75, 3.05) is 0 Å². The van der Waals surface area contributed by atoms with E-state index in [1.54, 1.807) is 6.07 Å². The number of hydrogen-bond acceptors (Lipinski definition) is 2. The summed E-state index contributed by atoms with van der Waals surface area (Å²) in [5, 5.41) is 11.3. The summed E-state index contributed by atoms with van der Waals surface area (Å²) in [6.45, 7) is 5.51. The first-order chi connectivity index (χ1) is 7.33. The van der Waals surface area contributed by atoms with Gasteiger partial charge in [-0.2, -0.15) is 5.26 Å². The van der Waals surface area contributed by atoms with Gasteiger partial charge in [0.25, 0.3) is 5.91 Å². The molecule has 0 unspecified atom stereocenters. The van der Waals surface area contributed by atoms with E-state index in [0.717, 1.165) is 6.07 Å². The fourth-order valence-electron chi connectivity index (χ4n) is 1.16. The predicted molar refractivity (Wildman–Crippen MR) is 58.3 cm³/mol. The molecule has 16 heavy (non-hydrogen) atoms. The molecule has 3 nitrogen and oxygen atoms in total. The van der Waals surface area contributed by atoms with Crippen molar-refractivity contribution in [3.05, 3.63) is 35.1 Å². The molecule has 0 saturated carbocycles. The summed E-state index contributed by atoms with van der Waals surface area (Å²) in [5.74, 6) is -1.03. The molecule has 0 aliphatic carbocycles. The van der Waals surface area contributed by atoms with Gasteiger partial charge in [0.1, 0.15) is 11.9 Å². The Hall–Kier alpha value is -1.89. The van der Waals surface area contributed by atoms with Crippen molar-refractivity contribution in [1.82, 2.24) is 5.32 Å². The van der Waals surface area contributed by atoms with Gasteiger partial charge in [-0.25, -0.2) is 4.39 Å². The molecule has 1 rings (SSSR count). The van der Waals surface area contributed by atoms with Gasteiger partial charge in [-0.1, -0.05) is 0 Å². The first kappa shape index (κ1) is 12.2. The number of nitrogens with zero attached hydrogens (tertiary/aromatic N) is 1. The first-order valence-electron chi connectivity index (χ1n) is 4.85. The van der Waals surface area contributed by atoms with Crippen molar-refractivity contribution in [3.63, 3.8) is 0 Å². The minimum atomic E-state index is -0.677. The van der Waals surface area contributed by atoms with Crippen molar-refractivity contribution < 1.29 is 9.18 Å². The van der Waals surface area contributed by atoms with Crippen LogP contribution in [0.1, 0.15) is 36.7 Å². The van der Waals surface area contributed by atoms with E-state index < -0.39 is 5.82 Å². The second-order valence-electron chi connectivity index (χ2n) is 4.51. The maximum atomic E-state index is 13.2. The van der Waals surface area contributed by atoms with Gasteiger partial charge in [0.05, 0.1) is 5.56 Å². The maximum Gasteiger partial charge on any atom is 0.251 e. The Balaban J connectivity index is 2.95. The lowest BCUT2D eigenvalue weighted by Crippen LogP contribution is -2.40. The Kier molecular flexibility index (Phi) is 3.28. The van der Waals surface area contributed by atoms with Crippen LogP contribution in [0.25, 0.3) is 0 Å². The number of hydrogen-bond donors (Lipinski definition) is 1. The molecule has 0 fully saturated rings. The van der Waals surface area contributed by atoms with E-state index in [2.05, 4.69) is 5.32 Å². The molecule has 1 aromatic rings. The molecule has 1 N–H and O–H groups in total. The van der Waals surface area contributed by atoms with Crippen LogP contribution in [0.15, 0.2) is 18.2 Å². The summed E-state index contributed by atoms with van der Waals surface area (Å²) >= 11 is 0. The number of carbonyl (C=O) groups is 1. The molecule has 0 atom stereocenters. The zero-order chi connectivity index (χ0) is 12.3. The van der Waals surface area contributed by atoms with E-state index in [9.17, 15) is 9.18 Å². The number of benzene rings is 1. The highest BCUT2D eigenvalue weighted by Gasteiger charge is 2.16. The van der Waals surface area contributed by atoms with Crippen LogP contribution in [-0.2, 0) is 0 Å². The predicted octanol–water partition coefficient (Wildman–Crippen LogP) is 2.23. The molecule has 0 aliphatic rings. The molecule has 0 spiro atoms. The van der Waals surface area contributed by atoms with Crippen molar-refractivity contribution >= 4 is 5.91 Å². The highest BCUT2D eigenvalue weighted by Crippen LogP contribution is 2.10. The molecule has 0 aromatic heterocycles. The van der Waals surface area contributed by atoms with E-state index in [1.165, 1.54) is 12.1 Å². The van der Waals surface area contributed by atoms with E-state index in [1.807, 2.05) is 20.8 Å². The Morgan fingerprint density at radius 2 is 2.06 bits per heavy atom. The average molecular weight is 220 g/mol.